The Morgan fingerprint density at radius 2 is 1.60 bits per heavy atom. The molecule has 1 spiro atoms. The summed E-state index contributed by atoms with van der Waals surface area (Å²) < 4.78 is 26.3. The van der Waals surface area contributed by atoms with Crippen molar-refractivity contribution in [3.63, 3.8) is 0 Å². The first kappa shape index (κ1) is 35.7. The molecule has 4 heterocycles. The zero-order chi connectivity index (χ0) is 34.8. The molecule has 4 saturated carbocycles. The summed E-state index contributed by atoms with van der Waals surface area (Å²) in [5.74, 6) is 4.23. The van der Waals surface area contributed by atoms with Crippen molar-refractivity contribution in [1.29, 1.82) is 0 Å². The lowest BCUT2D eigenvalue weighted by Gasteiger charge is -2.61. The van der Waals surface area contributed by atoms with Gasteiger partial charge in [0, 0.05) is 57.1 Å². The Kier molecular flexibility index (Phi) is 9.89. The molecule has 9 heteroatoms. The SMILES string of the molecule is C[C@@H]1CC[C@@]2(OC1)OC1C[C@H]3[C@@H]4CCC5C[C@H](NC(=O)CC(=O)N6CCN(C7CCN(CCF)CC7)CC6)CC[C@]5(C)C4CC[C@]3(C)C1[C@@H]2C. The average Bonchev–Trinajstić information content (AvgIpc) is 3.56. The molecule has 0 aromatic carbocycles. The van der Waals surface area contributed by atoms with Crippen LogP contribution in [0.25, 0.3) is 0 Å². The molecule has 4 aliphatic heterocycles. The van der Waals surface area contributed by atoms with Crippen LogP contribution >= 0.6 is 0 Å². The predicted molar refractivity (Wildman–Crippen MR) is 192 cm³/mol. The van der Waals surface area contributed by atoms with Crippen molar-refractivity contribution in [2.24, 2.45) is 52.3 Å². The number of piperazine rings is 1. The number of fused-ring (bicyclic) bond motifs is 7. The van der Waals surface area contributed by atoms with Crippen molar-refractivity contribution in [2.45, 2.75) is 135 Å². The number of hydrogen-bond donors (Lipinski definition) is 1. The van der Waals surface area contributed by atoms with Gasteiger partial charge < -0.3 is 24.6 Å². The second-order valence-corrected chi connectivity index (χ2v) is 19.1. The molecule has 8 nitrogen and oxygen atoms in total. The number of amides is 2. The lowest BCUT2D eigenvalue weighted by Crippen LogP contribution is -2.56. The molecular weight excluding hydrogens is 631 g/mol. The maximum atomic E-state index is 13.2. The van der Waals surface area contributed by atoms with Gasteiger partial charge in [-0.25, -0.2) is 4.39 Å². The van der Waals surface area contributed by atoms with Gasteiger partial charge in [0.1, 0.15) is 13.1 Å². The number of alkyl halides is 1. The van der Waals surface area contributed by atoms with E-state index in [1.165, 1.54) is 44.9 Å². The van der Waals surface area contributed by atoms with Crippen LogP contribution in [0.15, 0.2) is 0 Å². The molecule has 0 aromatic heterocycles. The number of hydrogen-bond acceptors (Lipinski definition) is 6. The molecule has 8 fully saturated rings. The van der Waals surface area contributed by atoms with Crippen molar-refractivity contribution in [1.82, 2.24) is 20.0 Å². The molecule has 4 saturated heterocycles. The largest absolute Gasteiger partial charge is 0.353 e. The molecule has 0 bridgehead atoms. The minimum absolute atomic E-state index is 0.0264. The van der Waals surface area contributed by atoms with E-state index in [0.29, 0.717) is 66.3 Å². The van der Waals surface area contributed by atoms with E-state index in [1.807, 2.05) is 4.90 Å². The fourth-order valence-electron chi connectivity index (χ4n) is 13.9. The van der Waals surface area contributed by atoms with E-state index in [0.717, 1.165) is 82.6 Å². The number of nitrogens with zero attached hydrogens (tertiary/aromatic N) is 3. The number of piperidine rings is 1. The summed E-state index contributed by atoms with van der Waals surface area (Å²) in [6, 6.07) is 0.716. The molecule has 2 amide bonds. The van der Waals surface area contributed by atoms with Crippen molar-refractivity contribution < 1.29 is 23.5 Å². The number of carbonyl (C=O) groups is 2. The number of likely N-dealkylation sites (tertiary alicyclic amines) is 1. The van der Waals surface area contributed by atoms with Gasteiger partial charge in [-0.2, -0.15) is 0 Å². The molecule has 4 aliphatic carbocycles. The highest BCUT2D eigenvalue weighted by molar-refractivity contribution is 5.97. The lowest BCUT2D eigenvalue weighted by molar-refractivity contribution is -0.273. The zero-order valence-electron chi connectivity index (χ0n) is 31.7. The van der Waals surface area contributed by atoms with Gasteiger partial charge in [-0.3, -0.25) is 14.5 Å². The topological polar surface area (TPSA) is 74.3 Å². The van der Waals surface area contributed by atoms with Gasteiger partial charge in [0.05, 0.1) is 12.7 Å². The minimum Gasteiger partial charge on any atom is -0.353 e. The van der Waals surface area contributed by atoms with E-state index in [1.54, 1.807) is 0 Å². The van der Waals surface area contributed by atoms with Crippen molar-refractivity contribution in [3.8, 4) is 0 Å². The zero-order valence-corrected chi connectivity index (χ0v) is 31.7. The molecule has 8 rings (SSSR count). The maximum absolute atomic E-state index is 13.2. The summed E-state index contributed by atoms with van der Waals surface area (Å²) in [7, 11) is 0. The summed E-state index contributed by atoms with van der Waals surface area (Å²) in [4.78, 5) is 33.0. The van der Waals surface area contributed by atoms with Crippen LogP contribution in [0.4, 0.5) is 4.39 Å². The summed E-state index contributed by atoms with van der Waals surface area (Å²) in [5, 5.41) is 3.34. The fourth-order valence-corrected chi connectivity index (χ4v) is 13.9. The second kappa shape index (κ2) is 13.8. The Morgan fingerprint density at radius 1 is 0.840 bits per heavy atom. The monoisotopic (exact) mass is 699 g/mol. The Bertz CT molecular complexity index is 1240. The van der Waals surface area contributed by atoms with E-state index in [4.69, 9.17) is 9.47 Å². The number of rotatable bonds is 6. The van der Waals surface area contributed by atoms with Crippen LogP contribution in [-0.4, -0.2) is 110 Å². The van der Waals surface area contributed by atoms with E-state index in [9.17, 15) is 14.0 Å². The molecular formula is C41H67FN4O4. The van der Waals surface area contributed by atoms with Gasteiger partial charge in [-0.1, -0.05) is 27.7 Å². The molecule has 0 radical (unpaired) electrons. The van der Waals surface area contributed by atoms with Crippen LogP contribution in [0.5, 0.6) is 0 Å². The molecule has 1 N–H and O–H groups in total. The van der Waals surface area contributed by atoms with Crippen molar-refractivity contribution in [3.05, 3.63) is 0 Å². The highest BCUT2D eigenvalue weighted by Crippen LogP contribution is 2.71. The Balaban J connectivity index is 0.812. The molecule has 0 aromatic rings. The van der Waals surface area contributed by atoms with Crippen LogP contribution < -0.4 is 5.32 Å². The number of nitrogens with one attached hydrogen (secondary N) is 1. The first-order chi connectivity index (χ1) is 24.0. The lowest BCUT2D eigenvalue weighted by atomic mass is 9.44. The predicted octanol–water partition coefficient (Wildman–Crippen LogP) is 5.89. The van der Waals surface area contributed by atoms with E-state index < -0.39 is 0 Å². The molecule has 282 valence electrons. The second-order valence-electron chi connectivity index (χ2n) is 19.1. The molecule has 12 atom stereocenters. The van der Waals surface area contributed by atoms with E-state index in [2.05, 4.69) is 42.8 Å². The third kappa shape index (κ3) is 6.18. The van der Waals surface area contributed by atoms with Gasteiger partial charge in [-0.05, 0) is 130 Å². The van der Waals surface area contributed by atoms with Crippen LogP contribution in [0.3, 0.4) is 0 Å². The Hall–Kier alpha value is -1.29. The number of ether oxygens (including phenoxy) is 2. The maximum Gasteiger partial charge on any atom is 0.232 e. The summed E-state index contributed by atoms with van der Waals surface area (Å²) in [6.07, 6.45) is 14.5. The van der Waals surface area contributed by atoms with Gasteiger partial charge in [-0.15, -0.1) is 0 Å². The quantitative estimate of drug-likeness (QED) is 0.349. The Morgan fingerprint density at radius 3 is 2.32 bits per heavy atom. The summed E-state index contributed by atoms with van der Waals surface area (Å²) in [6.45, 7) is 16.2. The Labute approximate surface area is 301 Å². The van der Waals surface area contributed by atoms with Gasteiger partial charge in [0.2, 0.25) is 11.8 Å². The average molecular weight is 699 g/mol. The molecule has 4 unspecified atom stereocenters. The normalized spacial score (nSPS) is 47.0. The number of halogens is 1. The first-order valence-electron chi connectivity index (χ1n) is 20.9. The highest BCUT2D eigenvalue weighted by atomic mass is 19.1. The van der Waals surface area contributed by atoms with Crippen molar-refractivity contribution in [2.75, 3.05) is 59.1 Å². The standard InChI is InChI=1S/C41H67FN4O4/c1-27-7-14-41(49-26-27)28(2)38-35(50-41)24-34-32-6-5-29-23-30(8-12-39(29,3)33(32)9-13-40(34,38)4)43-36(47)25-37(48)46-21-19-45(20-22-46)31-10-16-44(17-11-31)18-15-42/h27-35,38H,5-26H2,1-4H3,(H,43,47)/t27-,28+,29?,30-,32-,33?,34+,35?,38?,39+,40+,41-/m1/s1. The van der Waals surface area contributed by atoms with Crippen LogP contribution in [0.2, 0.25) is 0 Å². The van der Waals surface area contributed by atoms with Crippen LogP contribution in [-0.2, 0) is 19.1 Å². The third-order valence-corrected chi connectivity index (χ3v) is 16.8. The van der Waals surface area contributed by atoms with E-state index >= 15 is 0 Å². The highest BCUT2D eigenvalue weighted by Gasteiger charge is 2.69. The molecule has 50 heavy (non-hydrogen) atoms. The first-order valence-corrected chi connectivity index (χ1v) is 20.9. The summed E-state index contributed by atoms with van der Waals surface area (Å²) >= 11 is 0. The van der Waals surface area contributed by atoms with Gasteiger partial charge in [0.25, 0.3) is 0 Å². The van der Waals surface area contributed by atoms with Crippen LogP contribution in [0, 0.1) is 52.3 Å². The molecule has 8 aliphatic rings. The van der Waals surface area contributed by atoms with E-state index in [-0.39, 0.29) is 36.7 Å². The van der Waals surface area contributed by atoms with Gasteiger partial charge >= 0.3 is 0 Å². The van der Waals surface area contributed by atoms with Crippen molar-refractivity contribution >= 4 is 11.8 Å². The smallest absolute Gasteiger partial charge is 0.232 e. The third-order valence-electron chi connectivity index (χ3n) is 16.8. The number of carbonyl (C=O) groups excluding carboxylic acids is 2. The fraction of sp³-hybridized carbons (Fsp3) is 0.951. The van der Waals surface area contributed by atoms with Crippen LogP contribution in [0.1, 0.15) is 111 Å². The minimum atomic E-state index is -0.338. The summed E-state index contributed by atoms with van der Waals surface area (Å²) in [5.41, 5.74) is 0.697. The van der Waals surface area contributed by atoms with Gasteiger partial charge in [0.15, 0.2) is 5.79 Å².